The lowest BCUT2D eigenvalue weighted by atomic mass is 10.0. The van der Waals surface area contributed by atoms with Gasteiger partial charge in [0.15, 0.2) is 0 Å². The molecule has 1 aliphatic carbocycles. The van der Waals surface area contributed by atoms with Gasteiger partial charge in [-0.3, -0.25) is 4.79 Å². The summed E-state index contributed by atoms with van der Waals surface area (Å²) in [7, 11) is 0. The molecular weight excluding hydrogens is 295 g/mol. The van der Waals surface area contributed by atoms with Crippen molar-refractivity contribution in [2.24, 2.45) is 10.9 Å². The fraction of sp³-hybridized carbons (Fsp3) is 0.294. The van der Waals surface area contributed by atoms with Crippen LogP contribution in [0.4, 0.5) is 4.39 Å². The van der Waals surface area contributed by atoms with Crippen LogP contribution in [0.3, 0.4) is 0 Å². The van der Waals surface area contributed by atoms with E-state index in [1.54, 1.807) is 30.3 Å². The van der Waals surface area contributed by atoms with Gasteiger partial charge in [0, 0.05) is 18.1 Å². The van der Waals surface area contributed by atoms with E-state index in [0.717, 1.165) is 0 Å². The Labute approximate surface area is 133 Å². The highest BCUT2D eigenvalue weighted by atomic mass is 19.1. The summed E-state index contributed by atoms with van der Waals surface area (Å²) < 4.78 is 14.2. The third-order valence-electron chi connectivity index (χ3n) is 3.92. The SMILES string of the molecule is C=C[C@H]1CC(C)(F)CC1=NC(=O)c1ccccc1-n1nccn1. The minimum atomic E-state index is -1.35. The van der Waals surface area contributed by atoms with Crippen molar-refractivity contribution in [3.63, 3.8) is 0 Å². The molecular formula is C17H17FN4O. The first-order chi connectivity index (χ1) is 11.0. The zero-order valence-corrected chi connectivity index (χ0v) is 12.8. The van der Waals surface area contributed by atoms with E-state index in [1.807, 2.05) is 0 Å². The third kappa shape index (κ3) is 3.11. The maximum Gasteiger partial charge on any atom is 0.279 e. The maximum absolute atomic E-state index is 14.2. The molecule has 0 bridgehead atoms. The number of hydrogen-bond acceptors (Lipinski definition) is 3. The lowest BCUT2D eigenvalue weighted by molar-refractivity contribution is 0.100. The second-order valence-corrected chi connectivity index (χ2v) is 5.88. The minimum absolute atomic E-state index is 0.150. The van der Waals surface area contributed by atoms with Gasteiger partial charge in [-0.15, -0.1) is 6.58 Å². The molecule has 1 aromatic carbocycles. The number of rotatable bonds is 3. The summed E-state index contributed by atoms with van der Waals surface area (Å²) >= 11 is 0. The Morgan fingerprint density at radius 2 is 2.13 bits per heavy atom. The number of benzene rings is 1. The number of nitrogens with zero attached hydrogens (tertiary/aromatic N) is 4. The first kappa shape index (κ1) is 15.3. The molecule has 1 saturated carbocycles. The van der Waals surface area contributed by atoms with Crippen LogP contribution < -0.4 is 0 Å². The zero-order valence-electron chi connectivity index (χ0n) is 12.8. The van der Waals surface area contributed by atoms with E-state index in [0.29, 0.717) is 23.4 Å². The molecule has 0 radical (unpaired) electrons. The summed E-state index contributed by atoms with van der Waals surface area (Å²) in [5.74, 6) is -0.624. The number of aliphatic imine (C=N–C) groups is 1. The van der Waals surface area contributed by atoms with Crippen molar-refractivity contribution in [1.29, 1.82) is 0 Å². The molecule has 118 valence electrons. The fourth-order valence-electron chi connectivity index (χ4n) is 2.86. The highest BCUT2D eigenvalue weighted by molar-refractivity contribution is 6.07. The van der Waals surface area contributed by atoms with Gasteiger partial charge in [-0.1, -0.05) is 18.2 Å². The number of carbonyl (C=O) groups excluding carboxylic acids is 1. The number of para-hydroxylation sites is 1. The van der Waals surface area contributed by atoms with Gasteiger partial charge in [-0.05, 0) is 25.5 Å². The number of amides is 1. The Morgan fingerprint density at radius 3 is 2.83 bits per heavy atom. The molecule has 0 N–H and O–H groups in total. The van der Waals surface area contributed by atoms with Crippen molar-refractivity contribution in [3.05, 3.63) is 54.9 Å². The van der Waals surface area contributed by atoms with Gasteiger partial charge in [0.2, 0.25) is 0 Å². The highest BCUT2D eigenvalue weighted by Crippen LogP contribution is 2.36. The van der Waals surface area contributed by atoms with E-state index >= 15 is 0 Å². The molecule has 6 heteroatoms. The van der Waals surface area contributed by atoms with E-state index in [2.05, 4.69) is 21.8 Å². The number of allylic oxidation sites excluding steroid dienone is 1. The number of carbonyl (C=O) groups is 1. The third-order valence-corrected chi connectivity index (χ3v) is 3.92. The summed E-state index contributed by atoms with van der Waals surface area (Å²) in [5.41, 5.74) is 0.119. The molecule has 23 heavy (non-hydrogen) atoms. The van der Waals surface area contributed by atoms with Crippen LogP contribution in [0.5, 0.6) is 0 Å². The van der Waals surface area contributed by atoms with Crippen LogP contribution in [0.2, 0.25) is 0 Å². The largest absolute Gasteiger partial charge is 0.279 e. The van der Waals surface area contributed by atoms with Crippen LogP contribution in [-0.4, -0.2) is 32.3 Å². The number of halogens is 1. The van der Waals surface area contributed by atoms with Crippen LogP contribution >= 0.6 is 0 Å². The Hall–Kier alpha value is -2.63. The summed E-state index contributed by atoms with van der Waals surface area (Å²) in [6.45, 7) is 5.24. The summed E-state index contributed by atoms with van der Waals surface area (Å²) in [6, 6.07) is 6.95. The first-order valence-corrected chi connectivity index (χ1v) is 7.39. The smallest absolute Gasteiger partial charge is 0.267 e. The van der Waals surface area contributed by atoms with E-state index in [4.69, 9.17) is 0 Å². The quantitative estimate of drug-likeness (QED) is 0.818. The molecule has 1 aliphatic rings. The van der Waals surface area contributed by atoms with Crippen LogP contribution in [0.1, 0.15) is 30.1 Å². The predicted octanol–water partition coefficient (Wildman–Crippen LogP) is 3.17. The van der Waals surface area contributed by atoms with Crippen LogP contribution in [0.15, 0.2) is 54.3 Å². The predicted molar refractivity (Wildman–Crippen MR) is 85.6 cm³/mol. The fourth-order valence-corrected chi connectivity index (χ4v) is 2.86. The standard InChI is InChI=1S/C17H17FN4O/c1-3-12-10-17(2,18)11-14(12)21-16(23)13-6-4-5-7-15(13)22-19-8-9-20-22/h3-9,12H,1,10-11H2,2H3/t12-,17?/m0/s1. The summed E-state index contributed by atoms with van der Waals surface area (Å²) in [5, 5.41) is 8.09. The molecule has 0 saturated heterocycles. The lowest BCUT2D eigenvalue weighted by Gasteiger charge is -2.09. The first-order valence-electron chi connectivity index (χ1n) is 7.39. The van der Waals surface area contributed by atoms with Crippen molar-refractivity contribution in [2.75, 3.05) is 0 Å². The molecule has 1 amide bonds. The lowest BCUT2D eigenvalue weighted by Crippen LogP contribution is -2.13. The average Bonchev–Trinajstić information content (AvgIpc) is 3.14. The van der Waals surface area contributed by atoms with Crippen LogP contribution in [0, 0.1) is 5.92 Å². The van der Waals surface area contributed by atoms with Gasteiger partial charge in [-0.25, -0.2) is 9.38 Å². The topological polar surface area (TPSA) is 60.1 Å². The van der Waals surface area contributed by atoms with Gasteiger partial charge < -0.3 is 0 Å². The highest BCUT2D eigenvalue weighted by Gasteiger charge is 2.39. The molecule has 1 fully saturated rings. The summed E-state index contributed by atoms with van der Waals surface area (Å²) in [4.78, 5) is 18.1. The monoisotopic (exact) mass is 312 g/mol. The second-order valence-electron chi connectivity index (χ2n) is 5.88. The van der Waals surface area contributed by atoms with Gasteiger partial charge in [-0.2, -0.15) is 15.0 Å². The summed E-state index contributed by atoms with van der Waals surface area (Å²) in [6.07, 6.45) is 5.18. The van der Waals surface area contributed by atoms with Crippen molar-refractivity contribution >= 4 is 11.6 Å². The number of hydrogen-bond donors (Lipinski definition) is 0. The molecule has 0 aliphatic heterocycles. The van der Waals surface area contributed by atoms with Crippen LogP contribution in [0.25, 0.3) is 5.69 Å². The van der Waals surface area contributed by atoms with Crippen molar-refractivity contribution < 1.29 is 9.18 Å². The number of alkyl halides is 1. The van der Waals surface area contributed by atoms with Gasteiger partial charge >= 0.3 is 0 Å². The van der Waals surface area contributed by atoms with E-state index in [1.165, 1.54) is 24.1 Å². The molecule has 1 heterocycles. The van der Waals surface area contributed by atoms with E-state index < -0.39 is 11.6 Å². The molecule has 2 aromatic rings. The molecule has 3 rings (SSSR count). The van der Waals surface area contributed by atoms with Crippen molar-refractivity contribution in [1.82, 2.24) is 15.0 Å². The zero-order chi connectivity index (χ0) is 16.4. The van der Waals surface area contributed by atoms with Crippen molar-refractivity contribution in [3.8, 4) is 5.69 Å². The Kier molecular flexibility index (Phi) is 3.90. The molecule has 5 nitrogen and oxygen atoms in total. The molecule has 0 spiro atoms. The van der Waals surface area contributed by atoms with Gasteiger partial charge in [0.05, 0.1) is 23.6 Å². The Bertz CT molecular complexity index is 765. The average molecular weight is 312 g/mol. The van der Waals surface area contributed by atoms with Crippen LogP contribution in [-0.2, 0) is 0 Å². The van der Waals surface area contributed by atoms with Crippen molar-refractivity contribution in [2.45, 2.75) is 25.4 Å². The number of aromatic nitrogens is 3. The van der Waals surface area contributed by atoms with E-state index in [-0.39, 0.29) is 12.3 Å². The molecule has 1 aromatic heterocycles. The van der Waals surface area contributed by atoms with Gasteiger partial charge in [0.1, 0.15) is 5.67 Å². The maximum atomic E-state index is 14.2. The Morgan fingerprint density at radius 1 is 1.43 bits per heavy atom. The minimum Gasteiger partial charge on any atom is -0.267 e. The Balaban J connectivity index is 1.96. The molecule has 1 unspecified atom stereocenters. The van der Waals surface area contributed by atoms with Gasteiger partial charge in [0.25, 0.3) is 5.91 Å². The van der Waals surface area contributed by atoms with E-state index in [9.17, 15) is 9.18 Å². The second kappa shape index (κ2) is 5.87. The normalized spacial score (nSPS) is 25.7. The molecule has 2 atom stereocenters.